The van der Waals surface area contributed by atoms with Gasteiger partial charge in [0.2, 0.25) is 0 Å². The second kappa shape index (κ2) is 8.49. The fraction of sp³-hybridized carbons (Fsp3) is 0.529. The highest BCUT2D eigenvalue weighted by Crippen LogP contribution is 2.17. The minimum Gasteiger partial charge on any atom is -0.381 e. The van der Waals surface area contributed by atoms with Crippen molar-refractivity contribution in [1.82, 2.24) is 10.2 Å². The van der Waals surface area contributed by atoms with Crippen molar-refractivity contribution >= 4 is 5.96 Å². The van der Waals surface area contributed by atoms with Gasteiger partial charge in [-0.05, 0) is 25.5 Å². The predicted molar refractivity (Wildman–Crippen MR) is 87.5 cm³/mol. The summed E-state index contributed by atoms with van der Waals surface area (Å²) in [6.07, 6.45) is 1.08. The normalized spacial score (nSPS) is 18.1. The van der Waals surface area contributed by atoms with Crippen LogP contribution in [0, 0.1) is 23.1 Å². The second-order valence-electron chi connectivity index (χ2n) is 5.58. The van der Waals surface area contributed by atoms with E-state index in [2.05, 4.69) is 15.2 Å². The van der Waals surface area contributed by atoms with Gasteiger partial charge in [0.15, 0.2) is 5.96 Å². The maximum absolute atomic E-state index is 13.9. The largest absolute Gasteiger partial charge is 0.381 e. The summed E-state index contributed by atoms with van der Waals surface area (Å²) in [5, 5.41) is 12.0. The Kier molecular flexibility index (Phi) is 6.36. The molecule has 0 aromatic heterocycles. The van der Waals surface area contributed by atoms with Crippen LogP contribution in [0.3, 0.4) is 0 Å². The molecule has 0 amide bonds. The van der Waals surface area contributed by atoms with Crippen molar-refractivity contribution in [2.45, 2.75) is 19.9 Å². The Hall–Kier alpha value is -2.13. The molecule has 0 spiro atoms. The first-order valence-electron chi connectivity index (χ1n) is 7.89. The van der Waals surface area contributed by atoms with Gasteiger partial charge in [-0.15, -0.1) is 0 Å². The van der Waals surface area contributed by atoms with E-state index < -0.39 is 0 Å². The number of ether oxygens (including phenoxy) is 1. The van der Waals surface area contributed by atoms with E-state index in [1.54, 1.807) is 19.2 Å². The van der Waals surface area contributed by atoms with Crippen LogP contribution in [0.4, 0.5) is 4.39 Å². The molecule has 1 saturated heterocycles. The predicted octanol–water partition coefficient (Wildman–Crippen LogP) is 2.13. The third-order valence-corrected chi connectivity index (χ3v) is 3.97. The standard InChI is InChI=1S/C17H23FN4O/c1-3-23-12-14-6-7-22(11-14)17(20-2)21-10-15-5-4-13(9-19)8-16(15)18/h4-5,8,14H,3,6-7,10-12H2,1-2H3,(H,20,21). The van der Waals surface area contributed by atoms with Crippen LogP contribution in [-0.4, -0.2) is 44.2 Å². The minimum atomic E-state index is -0.373. The number of aliphatic imine (C=N–C) groups is 1. The van der Waals surface area contributed by atoms with E-state index in [4.69, 9.17) is 10.00 Å². The van der Waals surface area contributed by atoms with Gasteiger partial charge in [0.05, 0.1) is 18.2 Å². The molecule has 1 aromatic rings. The van der Waals surface area contributed by atoms with Gasteiger partial charge >= 0.3 is 0 Å². The second-order valence-corrected chi connectivity index (χ2v) is 5.58. The van der Waals surface area contributed by atoms with Crippen molar-refractivity contribution in [3.63, 3.8) is 0 Å². The lowest BCUT2D eigenvalue weighted by Gasteiger charge is -2.22. The number of guanidine groups is 1. The van der Waals surface area contributed by atoms with Gasteiger partial charge in [-0.3, -0.25) is 4.99 Å². The number of hydrogen-bond acceptors (Lipinski definition) is 3. The Bertz CT molecular complexity index is 597. The van der Waals surface area contributed by atoms with E-state index in [-0.39, 0.29) is 5.82 Å². The molecule has 5 nitrogen and oxygen atoms in total. The quantitative estimate of drug-likeness (QED) is 0.667. The highest BCUT2D eigenvalue weighted by molar-refractivity contribution is 5.80. The average molecular weight is 318 g/mol. The highest BCUT2D eigenvalue weighted by Gasteiger charge is 2.24. The van der Waals surface area contributed by atoms with Crippen LogP contribution in [0.5, 0.6) is 0 Å². The summed E-state index contributed by atoms with van der Waals surface area (Å²) in [4.78, 5) is 6.45. The minimum absolute atomic E-state index is 0.328. The van der Waals surface area contributed by atoms with Crippen molar-refractivity contribution in [2.24, 2.45) is 10.9 Å². The molecule has 0 radical (unpaired) electrons. The lowest BCUT2D eigenvalue weighted by Crippen LogP contribution is -2.40. The molecule has 2 rings (SSSR count). The molecule has 1 heterocycles. The van der Waals surface area contributed by atoms with Gasteiger partial charge in [-0.2, -0.15) is 5.26 Å². The van der Waals surface area contributed by atoms with E-state index in [9.17, 15) is 4.39 Å². The van der Waals surface area contributed by atoms with Crippen molar-refractivity contribution in [2.75, 3.05) is 33.4 Å². The molecule has 1 unspecified atom stereocenters. The van der Waals surface area contributed by atoms with E-state index in [1.165, 1.54) is 6.07 Å². The Morgan fingerprint density at radius 3 is 3.04 bits per heavy atom. The summed E-state index contributed by atoms with van der Waals surface area (Å²) in [7, 11) is 1.73. The number of halogens is 1. The fourth-order valence-electron chi connectivity index (χ4n) is 2.71. The first-order valence-corrected chi connectivity index (χ1v) is 7.89. The third-order valence-electron chi connectivity index (χ3n) is 3.97. The number of benzene rings is 1. The molecule has 1 atom stereocenters. The number of rotatable bonds is 5. The Morgan fingerprint density at radius 1 is 1.57 bits per heavy atom. The topological polar surface area (TPSA) is 60.6 Å². The monoisotopic (exact) mass is 318 g/mol. The summed E-state index contributed by atoms with van der Waals surface area (Å²) in [6.45, 7) is 5.68. The van der Waals surface area contributed by atoms with Gasteiger partial charge in [0, 0.05) is 44.8 Å². The number of hydrogen-bond donors (Lipinski definition) is 1. The third kappa shape index (κ3) is 4.67. The SMILES string of the molecule is CCOCC1CCN(C(=NC)NCc2ccc(C#N)cc2F)C1. The van der Waals surface area contributed by atoms with Crippen LogP contribution in [0.2, 0.25) is 0 Å². The molecule has 1 aromatic carbocycles. The summed E-state index contributed by atoms with van der Waals surface area (Å²) < 4.78 is 19.4. The van der Waals surface area contributed by atoms with E-state index in [0.717, 1.165) is 38.7 Å². The van der Waals surface area contributed by atoms with Crippen LogP contribution >= 0.6 is 0 Å². The summed E-state index contributed by atoms with van der Waals surface area (Å²) >= 11 is 0. The smallest absolute Gasteiger partial charge is 0.193 e. The summed E-state index contributed by atoms with van der Waals surface area (Å²) in [6, 6.07) is 6.45. The van der Waals surface area contributed by atoms with Crippen LogP contribution < -0.4 is 5.32 Å². The van der Waals surface area contributed by atoms with Crippen molar-refractivity contribution in [3.05, 3.63) is 35.1 Å². The van der Waals surface area contributed by atoms with E-state index >= 15 is 0 Å². The maximum atomic E-state index is 13.9. The van der Waals surface area contributed by atoms with Crippen molar-refractivity contribution in [3.8, 4) is 6.07 Å². The molecule has 23 heavy (non-hydrogen) atoms. The van der Waals surface area contributed by atoms with Crippen LogP contribution in [0.15, 0.2) is 23.2 Å². The lowest BCUT2D eigenvalue weighted by molar-refractivity contribution is 0.114. The first kappa shape index (κ1) is 17.2. The van der Waals surface area contributed by atoms with Gasteiger partial charge in [0.1, 0.15) is 5.82 Å². The van der Waals surface area contributed by atoms with E-state index in [1.807, 2.05) is 13.0 Å². The molecule has 1 aliphatic rings. The van der Waals surface area contributed by atoms with Crippen LogP contribution in [0.1, 0.15) is 24.5 Å². The van der Waals surface area contributed by atoms with E-state index in [0.29, 0.717) is 23.6 Å². The molecule has 124 valence electrons. The molecule has 6 heteroatoms. The molecular weight excluding hydrogens is 295 g/mol. The zero-order valence-electron chi connectivity index (χ0n) is 13.7. The lowest BCUT2D eigenvalue weighted by atomic mass is 10.1. The molecule has 0 bridgehead atoms. The Labute approximate surface area is 136 Å². The number of nitrogens with one attached hydrogen (secondary N) is 1. The average Bonchev–Trinajstić information content (AvgIpc) is 3.03. The zero-order chi connectivity index (χ0) is 16.7. The Balaban J connectivity index is 1.90. The van der Waals surface area contributed by atoms with Gasteiger partial charge in [-0.25, -0.2) is 4.39 Å². The number of nitrogens with zero attached hydrogens (tertiary/aromatic N) is 3. The highest BCUT2D eigenvalue weighted by atomic mass is 19.1. The summed E-state index contributed by atoms with van der Waals surface area (Å²) in [5.41, 5.74) is 0.851. The maximum Gasteiger partial charge on any atom is 0.193 e. The first-order chi connectivity index (χ1) is 11.2. The van der Waals surface area contributed by atoms with Gasteiger partial charge in [0.25, 0.3) is 0 Å². The molecule has 1 N–H and O–H groups in total. The van der Waals surface area contributed by atoms with Crippen LogP contribution in [-0.2, 0) is 11.3 Å². The fourth-order valence-corrected chi connectivity index (χ4v) is 2.71. The molecular formula is C17H23FN4O. The van der Waals surface area contributed by atoms with Crippen molar-refractivity contribution in [1.29, 1.82) is 5.26 Å². The van der Waals surface area contributed by atoms with Crippen molar-refractivity contribution < 1.29 is 9.13 Å². The zero-order valence-corrected chi connectivity index (χ0v) is 13.7. The van der Waals surface area contributed by atoms with Gasteiger partial charge in [-0.1, -0.05) is 6.07 Å². The van der Waals surface area contributed by atoms with Crippen LogP contribution in [0.25, 0.3) is 0 Å². The number of likely N-dealkylation sites (tertiary alicyclic amines) is 1. The summed E-state index contributed by atoms with van der Waals surface area (Å²) in [5.74, 6) is 0.913. The molecule has 0 aliphatic carbocycles. The van der Waals surface area contributed by atoms with Gasteiger partial charge < -0.3 is 15.0 Å². The molecule has 0 saturated carbocycles. The number of nitriles is 1. The molecule has 1 fully saturated rings. The molecule has 1 aliphatic heterocycles. The Morgan fingerprint density at radius 2 is 2.39 bits per heavy atom.